The third kappa shape index (κ3) is 3.92. The van der Waals surface area contributed by atoms with Crippen LogP contribution in [0.1, 0.15) is 20.8 Å². The van der Waals surface area contributed by atoms with E-state index in [2.05, 4.69) is 4.89 Å². The molecule has 2 nitrogen and oxygen atoms in total. The second-order valence-corrected chi connectivity index (χ2v) is 2.20. The van der Waals surface area contributed by atoms with Crippen LogP contribution in [0.2, 0.25) is 0 Å². The summed E-state index contributed by atoms with van der Waals surface area (Å²) in [6.45, 7) is 5.12. The average molecular weight is 89.1 g/mol. The van der Waals surface area contributed by atoms with Gasteiger partial charge in [-0.3, -0.25) is 0 Å². The molecule has 0 saturated carbocycles. The summed E-state index contributed by atoms with van der Waals surface area (Å²) in [5.41, 5.74) is -0.514. The molecule has 1 radical (unpaired) electrons. The summed E-state index contributed by atoms with van der Waals surface area (Å²) in [7, 11) is 0. The largest absolute Gasteiger partial charge is 0.198 e. The first kappa shape index (κ1) is 5.92. The van der Waals surface area contributed by atoms with Crippen molar-refractivity contribution in [1.82, 2.24) is 0 Å². The first-order valence-electron chi connectivity index (χ1n) is 1.87. The molecule has 0 aliphatic heterocycles. The van der Waals surface area contributed by atoms with Crippen molar-refractivity contribution in [2.45, 2.75) is 26.4 Å². The lowest BCUT2D eigenvalue weighted by Gasteiger charge is -2.08. The molecule has 0 spiro atoms. The molecule has 0 rings (SSSR count). The minimum Gasteiger partial charge on any atom is -0.198 e. The Labute approximate surface area is 37.7 Å². The van der Waals surface area contributed by atoms with Gasteiger partial charge in [-0.15, -0.1) is 0 Å². The minimum atomic E-state index is -0.514. The van der Waals surface area contributed by atoms with Crippen LogP contribution in [0.15, 0.2) is 0 Å². The van der Waals surface area contributed by atoms with Crippen molar-refractivity contribution in [3.63, 3.8) is 0 Å². The van der Waals surface area contributed by atoms with Crippen molar-refractivity contribution < 1.29 is 10.1 Å². The van der Waals surface area contributed by atoms with E-state index in [0.717, 1.165) is 0 Å². The van der Waals surface area contributed by atoms with Crippen molar-refractivity contribution in [3.05, 3.63) is 0 Å². The molecule has 0 bridgehead atoms. The van der Waals surface area contributed by atoms with E-state index in [1.54, 1.807) is 20.8 Å². The maximum absolute atomic E-state index is 9.45. The van der Waals surface area contributed by atoms with Crippen molar-refractivity contribution in [2.24, 2.45) is 0 Å². The summed E-state index contributed by atoms with van der Waals surface area (Å²) < 4.78 is 0. The number of rotatable bonds is 0. The average Bonchev–Trinajstić information content (AvgIpc) is 1.35. The second kappa shape index (κ2) is 1.58. The van der Waals surface area contributed by atoms with Gasteiger partial charge in [-0.25, -0.2) is 0 Å². The third-order valence-electron chi connectivity index (χ3n) is 0.250. The summed E-state index contributed by atoms with van der Waals surface area (Å²) >= 11 is 0. The lowest BCUT2D eigenvalue weighted by molar-refractivity contribution is -0.359. The SMILES string of the molecule is CC(C)(C)O[O]. The second-order valence-electron chi connectivity index (χ2n) is 2.20. The van der Waals surface area contributed by atoms with E-state index in [9.17, 15) is 5.26 Å². The van der Waals surface area contributed by atoms with Crippen LogP contribution in [0.3, 0.4) is 0 Å². The van der Waals surface area contributed by atoms with Crippen LogP contribution in [0.5, 0.6) is 0 Å². The van der Waals surface area contributed by atoms with E-state index in [-0.39, 0.29) is 0 Å². The fourth-order valence-corrected chi connectivity index (χ4v) is 0. The molecule has 0 aliphatic carbocycles. The van der Waals surface area contributed by atoms with Gasteiger partial charge >= 0.3 is 0 Å². The molecule has 0 saturated heterocycles. The van der Waals surface area contributed by atoms with E-state index in [0.29, 0.717) is 0 Å². The van der Waals surface area contributed by atoms with Gasteiger partial charge in [-0.1, -0.05) is 0 Å². The van der Waals surface area contributed by atoms with Crippen LogP contribution >= 0.6 is 0 Å². The van der Waals surface area contributed by atoms with Crippen molar-refractivity contribution in [2.75, 3.05) is 0 Å². The zero-order valence-electron chi connectivity index (χ0n) is 4.32. The van der Waals surface area contributed by atoms with Gasteiger partial charge in [0.1, 0.15) is 0 Å². The fraction of sp³-hybridized carbons (Fsp3) is 1.00. The van der Waals surface area contributed by atoms with E-state index >= 15 is 0 Å². The predicted molar refractivity (Wildman–Crippen MR) is 21.5 cm³/mol. The molecule has 0 aromatic heterocycles. The summed E-state index contributed by atoms with van der Waals surface area (Å²) in [5, 5.41) is 9.45. The highest BCUT2D eigenvalue weighted by atomic mass is 17.1. The summed E-state index contributed by atoms with van der Waals surface area (Å²) in [6, 6.07) is 0. The number of hydrogen-bond acceptors (Lipinski definition) is 1. The maximum atomic E-state index is 9.45. The Kier molecular flexibility index (Phi) is 1.56. The molecular formula is C4H9O2. The topological polar surface area (TPSA) is 29.1 Å². The molecule has 0 fully saturated rings. The molecule has 0 N–H and O–H groups in total. The Balaban J connectivity index is 3.17. The first-order chi connectivity index (χ1) is 2.56. The van der Waals surface area contributed by atoms with Crippen LogP contribution in [-0.2, 0) is 10.1 Å². The highest BCUT2D eigenvalue weighted by Gasteiger charge is 2.08. The van der Waals surface area contributed by atoms with Crippen LogP contribution < -0.4 is 0 Å². The fourth-order valence-electron chi connectivity index (χ4n) is 0. The first-order valence-corrected chi connectivity index (χ1v) is 1.87. The number of hydrogen-bond donors (Lipinski definition) is 0. The van der Waals surface area contributed by atoms with Crippen molar-refractivity contribution in [1.29, 1.82) is 0 Å². The molecule has 0 heterocycles. The monoisotopic (exact) mass is 89.1 g/mol. The quantitative estimate of drug-likeness (QED) is 0.323. The zero-order chi connectivity index (χ0) is 5.21. The molecule has 0 unspecified atom stereocenters. The van der Waals surface area contributed by atoms with Gasteiger partial charge in [-0.2, -0.15) is 4.89 Å². The van der Waals surface area contributed by atoms with Crippen LogP contribution in [0.25, 0.3) is 0 Å². The molecule has 0 aromatic carbocycles. The highest BCUT2D eigenvalue weighted by molar-refractivity contribution is 4.53. The maximum Gasteiger partial charge on any atom is 0.0984 e. The van der Waals surface area contributed by atoms with Crippen molar-refractivity contribution in [3.8, 4) is 0 Å². The van der Waals surface area contributed by atoms with E-state index < -0.39 is 5.60 Å². The molecule has 0 atom stereocenters. The zero-order valence-corrected chi connectivity index (χ0v) is 4.32. The van der Waals surface area contributed by atoms with E-state index in [1.165, 1.54) is 0 Å². The van der Waals surface area contributed by atoms with E-state index in [1.807, 2.05) is 0 Å². The van der Waals surface area contributed by atoms with Gasteiger partial charge in [0.2, 0.25) is 0 Å². The van der Waals surface area contributed by atoms with Gasteiger partial charge in [0, 0.05) is 0 Å². The Morgan fingerprint density at radius 1 is 1.33 bits per heavy atom. The smallest absolute Gasteiger partial charge is 0.0984 e. The predicted octanol–water partition coefficient (Wildman–Crippen LogP) is 1.15. The molecule has 0 aromatic rings. The van der Waals surface area contributed by atoms with Gasteiger partial charge in [0.25, 0.3) is 0 Å². The molecule has 0 aliphatic rings. The van der Waals surface area contributed by atoms with Gasteiger partial charge < -0.3 is 0 Å². The molecule has 0 amide bonds. The van der Waals surface area contributed by atoms with Crippen molar-refractivity contribution >= 4 is 0 Å². The van der Waals surface area contributed by atoms with Crippen LogP contribution in [0.4, 0.5) is 0 Å². The lowest BCUT2D eigenvalue weighted by Crippen LogP contribution is -2.14. The summed E-state index contributed by atoms with van der Waals surface area (Å²) in [5.74, 6) is 0. The van der Waals surface area contributed by atoms with E-state index in [4.69, 9.17) is 0 Å². The van der Waals surface area contributed by atoms with Gasteiger partial charge in [-0.05, 0) is 26.0 Å². The minimum absolute atomic E-state index is 0.514. The Hall–Kier alpha value is -0.0800. The summed E-state index contributed by atoms with van der Waals surface area (Å²) in [6.07, 6.45) is 0. The molecule has 6 heavy (non-hydrogen) atoms. The normalized spacial score (nSPS) is 12.0. The third-order valence-corrected chi connectivity index (χ3v) is 0.250. The summed E-state index contributed by atoms with van der Waals surface area (Å²) in [4.78, 5) is 3.69. The molecular weight excluding hydrogens is 80.0 g/mol. The lowest BCUT2D eigenvalue weighted by atomic mass is 10.2. The van der Waals surface area contributed by atoms with Crippen LogP contribution in [0, 0.1) is 0 Å². The molecule has 2 heteroatoms. The standard InChI is InChI=1S/C4H9O2/c1-4(2,3)6-5/h1-3H3. The highest BCUT2D eigenvalue weighted by Crippen LogP contribution is 2.02. The molecule has 37 valence electrons. The Bertz CT molecular complexity index is 35.3. The van der Waals surface area contributed by atoms with Gasteiger partial charge in [0.15, 0.2) is 0 Å². The Morgan fingerprint density at radius 3 is 1.50 bits per heavy atom. The van der Waals surface area contributed by atoms with Gasteiger partial charge in [0.05, 0.1) is 5.60 Å². The van der Waals surface area contributed by atoms with Crippen LogP contribution in [-0.4, -0.2) is 5.60 Å². The Morgan fingerprint density at radius 2 is 1.50 bits per heavy atom.